The minimum absolute atomic E-state index is 0.0313. The monoisotopic (exact) mass is 338 g/mol. The molecule has 1 aromatic rings. The lowest BCUT2D eigenvalue weighted by Gasteiger charge is -2.36. The summed E-state index contributed by atoms with van der Waals surface area (Å²) in [5, 5.41) is 9.81. The fraction of sp³-hybridized carbons (Fsp3) is 0.684. The second-order valence-electron chi connectivity index (χ2n) is 7.39. The van der Waals surface area contributed by atoms with E-state index in [1.807, 2.05) is 30.3 Å². The van der Waals surface area contributed by atoms with Gasteiger partial charge < -0.3 is 5.11 Å². The Morgan fingerprint density at radius 3 is 1.96 bits per heavy atom. The van der Waals surface area contributed by atoms with Crippen molar-refractivity contribution in [3.63, 3.8) is 0 Å². The molecule has 2 bridgehead atoms. The Labute approximate surface area is 144 Å². The summed E-state index contributed by atoms with van der Waals surface area (Å²) in [6, 6.07) is 9.35. The maximum absolute atomic E-state index is 9.81. The molecule has 136 valence electrons. The van der Waals surface area contributed by atoms with E-state index in [1.54, 1.807) is 0 Å². The second-order valence-corrected chi connectivity index (χ2v) is 7.39. The molecule has 3 atom stereocenters. The molecule has 0 amide bonds. The van der Waals surface area contributed by atoms with E-state index >= 15 is 0 Å². The largest absolute Gasteiger partial charge is 0.393 e. The molecule has 24 heavy (non-hydrogen) atoms. The van der Waals surface area contributed by atoms with Crippen LogP contribution in [0, 0.1) is 16.7 Å². The molecule has 0 aromatic heterocycles. The van der Waals surface area contributed by atoms with E-state index in [2.05, 4.69) is 30.5 Å². The van der Waals surface area contributed by atoms with Crippen LogP contribution in [-0.4, -0.2) is 25.4 Å². The molecule has 0 aliphatic heterocycles. The van der Waals surface area contributed by atoms with Crippen molar-refractivity contribution in [2.45, 2.75) is 52.4 Å². The predicted octanol–water partition coefficient (Wildman–Crippen LogP) is 4.03. The molecule has 1 aromatic carbocycles. The fourth-order valence-electron chi connectivity index (χ4n) is 4.07. The van der Waals surface area contributed by atoms with Gasteiger partial charge in [-0.15, -0.1) is 0 Å². The van der Waals surface area contributed by atoms with Crippen LogP contribution in [0.3, 0.4) is 0 Å². The van der Waals surface area contributed by atoms with Crippen LogP contribution in [-0.2, 0) is 19.6 Å². The average molecular weight is 338 g/mol. The Morgan fingerprint density at radius 1 is 1.04 bits per heavy atom. The van der Waals surface area contributed by atoms with Crippen LogP contribution in [0.4, 0.5) is 0 Å². The third-order valence-electron chi connectivity index (χ3n) is 6.19. The van der Waals surface area contributed by atoms with Crippen molar-refractivity contribution in [2.75, 3.05) is 14.2 Å². The molecule has 1 N–H and O–H groups in total. The van der Waals surface area contributed by atoms with Crippen molar-refractivity contribution in [3.8, 4) is 0 Å². The second kappa shape index (κ2) is 7.93. The van der Waals surface area contributed by atoms with Crippen molar-refractivity contribution >= 4 is 0 Å². The van der Waals surface area contributed by atoms with E-state index in [0.717, 1.165) is 17.9 Å². The number of rotatable bonds is 5. The first-order valence-corrected chi connectivity index (χ1v) is 8.48. The Hall–Kier alpha value is -0.980. The zero-order valence-corrected chi connectivity index (χ0v) is 15.3. The van der Waals surface area contributed by atoms with Gasteiger partial charge in [0.05, 0.1) is 20.3 Å². The first-order chi connectivity index (χ1) is 11.4. The van der Waals surface area contributed by atoms with Crippen molar-refractivity contribution in [3.05, 3.63) is 35.9 Å². The van der Waals surface area contributed by atoms with Gasteiger partial charge in [0.1, 0.15) is 0 Å². The highest BCUT2D eigenvalue weighted by atomic mass is 17.3. The molecule has 2 saturated carbocycles. The number of aliphatic hydroxyl groups is 1. The van der Waals surface area contributed by atoms with Crippen LogP contribution >= 0.6 is 0 Å². The van der Waals surface area contributed by atoms with E-state index in [1.165, 1.54) is 27.1 Å². The molecule has 5 nitrogen and oxygen atoms in total. The van der Waals surface area contributed by atoms with Gasteiger partial charge in [0.25, 0.3) is 0 Å². The maximum atomic E-state index is 9.81. The molecule has 3 unspecified atom stereocenters. The third-order valence-corrected chi connectivity index (χ3v) is 6.19. The van der Waals surface area contributed by atoms with Crippen LogP contribution in [0.1, 0.15) is 51.9 Å². The van der Waals surface area contributed by atoms with Gasteiger partial charge in [-0.25, -0.2) is 9.78 Å². The Balaban J connectivity index is 0.000000175. The number of hydrogen-bond donors (Lipinski definition) is 1. The highest BCUT2D eigenvalue weighted by Crippen LogP contribution is 2.65. The summed E-state index contributed by atoms with van der Waals surface area (Å²) in [4.78, 5) is 18.7. The molecular weight excluding hydrogens is 308 g/mol. The lowest BCUT2D eigenvalue weighted by molar-refractivity contribution is -0.454. The summed E-state index contributed by atoms with van der Waals surface area (Å²) in [7, 11) is 2.82. The van der Waals surface area contributed by atoms with E-state index in [4.69, 9.17) is 9.78 Å². The van der Waals surface area contributed by atoms with Crippen LogP contribution in [0.15, 0.2) is 30.3 Å². The average Bonchev–Trinajstić information content (AvgIpc) is 2.89. The molecule has 0 heterocycles. The van der Waals surface area contributed by atoms with Crippen molar-refractivity contribution in [2.24, 2.45) is 16.7 Å². The number of aliphatic hydroxyl groups excluding tert-OH is 1. The first kappa shape index (κ1) is 19.3. The van der Waals surface area contributed by atoms with Gasteiger partial charge in [-0.3, -0.25) is 0 Å². The summed E-state index contributed by atoms with van der Waals surface area (Å²) in [5.41, 5.74) is 1.43. The van der Waals surface area contributed by atoms with Gasteiger partial charge in [0.15, 0.2) is 0 Å². The minimum Gasteiger partial charge on any atom is -0.393 e. The van der Waals surface area contributed by atoms with Gasteiger partial charge in [0, 0.05) is 5.56 Å². The summed E-state index contributed by atoms with van der Waals surface area (Å²) in [6.07, 6.45) is 2.92. The van der Waals surface area contributed by atoms with Gasteiger partial charge in [-0.05, 0) is 36.0 Å². The summed E-state index contributed by atoms with van der Waals surface area (Å²) in [5.74, 6) is 0.780. The van der Waals surface area contributed by atoms with Crippen LogP contribution in [0.2, 0.25) is 0 Å². The molecule has 2 aliphatic rings. The molecule has 0 radical (unpaired) electrons. The quantitative estimate of drug-likeness (QED) is 0.499. The molecule has 5 heteroatoms. The summed E-state index contributed by atoms with van der Waals surface area (Å²) >= 11 is 0. The Bertz CT molecular complexity index is 498. The van der Waals surface area contributed by atoms with E-state index in [-0.39, 0.29) is 11.5 Å². The van der Waals surface area contributed by atoms with Gasteiger partial charge in [0.2, 0.25) is 6.29 Å². The highest BCUT2D eigenvalue weighted by Gasteiger charge is 2.60. The van der Waals surface area contributed by atoms with E-state index in [0.29, 0.717) is 5.41 Å². The minimum atomic E-state index is -0.656. The van der Waals surface area contributed by atoms with Crippen LogP contribution < -0.4 is 0 Å². The normalized spacial score (nSPS) is 30.3. The topological polar surface area (TPSA) is 57.2 Å². The molecule has 2 fully saturated rings. The number of fused-ring (bicyclic) bond motifs is 2. The van der Waals surface area contributed by atoms with Gasteiger partial charge >= 0.3 is 0 Å². The summed E-state index contributed by atoms with van der Waals surface area (Å²) in [6.45, 7) is 6.90. The van der Waals surface area contributed by atoms with Gasteiger partial charge in [-0.2, -0.15) is 9.78 Å². The Morgan fingerprint density at radius 2 is 1.62 bits per heavy atom. The molecule has 3 rings (SSSR count). The number of benzene rings is 1. The fourth-order valence-corrected chi connectivity index (χ4v) is 4.07. The van der Waals surface area contributed by atoms with Crippen molar-refractivity contribution in [1.82, 2.24) is 0 Å². The highest BCUT2D eigenvalue weighted by molar-refractivity contribution is 5.15. The van der Waals surface area contributed by atoms with E-state index in [9.17, 15) is 5.11 Å². The third kappa shape index (κ3) is 3.65. The summed E-state index contributed by atoms with van der Waals surface area (Å²) < 4.78 is 0. The van der Waals surface area contributed by atoms with E-state index < -0.39 is 6.29 Å². The van der Waals surface area contributed by atoms with Crippen LogP contribution in [0.5, 0.6) is 0 Å². The lowest BCUT2D eigenvalue weighted by atomic mass is 9.70. The molecular formula is C19H30O5. The van der Waals surface area contributed by atoms with Crippen molar-refractivity contribution < 1.29 is 24.7 Å². The predicted molar refractivity (Wildman–Crippen MR) is 90.6 cm³/mol. The standard InChI is InChI=1S/C10H18O.C9H12O4/c1-9(2)7-4-5-10(9,3)8(11)6-7;1-10-12-9(13-11-2)8-6-4-3-5-7-8/h7-8,11H,4-6H2,1-3H3;3-7,9H,1-2H3. The molecule has 0 saturated heterocycles. The van der Waals surface area contributed by atoms with Gasteiger partial charge in [-0.1, -0.05) is 51.1 Å². The Kier molecular flexibility index (Phi) is 6.39. The zero-order chi connectivity index (χ0) is 17.8. The molecule has 2 aliphatic carbocycles. The zero-order valence-electron chi connectivity index (χ0n) is 15.3. The maximum Gasteiger partial charge on any atom is 0.249 e. The van der Waals surface area contributed by atoms with Crippen LogP contribution in [0.25, 0.3) is 0 Å². The molecule has 0 spiro atoms. The SMILES string of the molecule is CC1(C)C2CCC1(C)C(O)C2.COOC(OOC)c1ccccc1. The number of hydrogen-bond acceptors (Lipinski definition) is 5. The lowest BCUT2D eigenvalue weighted by Crippen LogP contribution is -2.35. The first-order valence-electron chi connectivity index (χ1n) is 8.48. The van der Waals surface area contributed by atoms with Crippen molar-refractivity contribution in [1.29, 1.82) is 0 Å². The smallest absolute Gasteiger partial charge is 0.249 e.